The molecule has 0 N–H and O–H groups in total. The van der Waals surface area contributed by atoms with Gasteiger partial charge in [-0.25, -0.2) is 0 Å². The molecular weight excluding hydrogens is 605 g/mol. The van der Waals surface area contributed by atoms with Crippen LogP contribution in [0.5, 0.6) is 0 Å². The summed E-state index contributed by atoms with van der Waals surface area (Å²) in [6.45, 7) is 0. The quantitative estimate of drug-likeness (QED) is 0.177. The number of hydrogen-bond acceptors (Lipinski definition) is 0. The average Bonchev–Trinajstić information content (AvgIpc) is 3.70. The minimum atomic E-state index is 0.518. The summed E-state index contributed by atoms with van der Waals surface area (Å²) in [6, 6.07) is 51.3. The highest BCUT2D eigenvalue weighted by atomic mass is 15.0. The van der Waals surface area contributed by atoms with Crippen LogP contribution in [0.25, 0.3) is 77.2 Å². The van der Waals surface area contributed by atoms with Gasteiger partial charge in [-0.2, -0.15) is 0 Å². The molecule has 10 rings (SSSR count). The molecule has 2 nitrogen and oxygen atoms in total. The molecule has 2 aliphatic carbocycles. The molecule has 1 atom stereocenters. The molecule has 2 heterocycles. The van der Waals surface area contributed by atoms with Crippen LogP contribution in [0.2, 0.25) is 0 Å². The molecule has 0 saturated carbocycles. The third-order valence-corrected chi connectivity index (χ3v) is 10.8. The van der Waals surface area contributed by atoms with E-state index in [0.29, 0.717) is 5.92 Å². The predicted molar refractivity (Wildman–Crippen MR) is 213 cm³/mol. The zero-order chi connectivity index (χ0) is 33.0. The van der Waals surface area contributed by atoms with Crippen molar-refractivity contribution in [1.82, 2.24) is 9.13 Å². The van der Waals surface area contributed by atoms with Crippen molar-refractivity contribution in [2.45, 2.75) is 19.3 Å². The molecular formula is C48H36N2. The molecule has 8 aromatic rings. The molecule has 0 bridgehead atoms. The highest BCUT2D eigenvalue weighted by Gasteiger charge is 2.20. The van der Waals surface area contributed by atoms with Gasteiger partial charge in [0.1, 0.15) is 0 Å². The van der Waals surface area contributed by atoms with Crippen LogP contribution in [-0.2, 0) is 0 Å². The maximum Gasteiger partial charge on any atom is 0.0547 e. The van der Waals surface area contributed by atoms with Crippen molar-refractivity contribution in [3.8, 4) is 27.9 Å². The van der Waals surface area contributed by atoms with E-state index in [1.165, 1.54) is 82.8 Å². The molecule has 50 heavy (non-hydrogen) atoms. The van der Waals surface area contributed by atoms with Crippen LogP contribution in [0.4, 0.5) is 0 Å². The third kappa shape index (κ3) is 4.71. The van der Waals surface area contributed by atoms with Gasteiger partial charge in [0, 0.05) is 38.8 Å². The Morgan fingerprint density at radius 2 is 1.08 bits per heavy atom. The number of para-hydroxylation sites is 2. The molecule has 0 amide bonds. The fraction of sp³-hybridized carbons (Fsp3) is 0.0833. The molecule has 6 aromatic carbocycles. The number of benzene rings is 6. The molecule has 2 heteroatoms. The number of nitrogens with zero attached hydrogens (tertiary/aromatic N) is 2. The van der Waals surface area contributed by atoms with Gasteiger partial charge in [0.25, 0.3) is 0 Å². The van der Waals surface area contributed by atoms with Crippen molar-refractivity contribution in [2.24, 2.45) is 5.92 Å². The zero-order valence-electron chi connectivity index (χ0n) is 27.8. The summed E-state index contributed by atoms with van der Waals surface area (Å²) < 4.78 is 4.92. The lowest BCUT2D eigenvalue weighted by atomic mass is 9.86. The fourth-order valence-electron chi connectivity index (χ4n) is 8.32. The lowest BCUT2D eigenvalue weighted by molar-refractivity contribution is 0.710. The van der Waals surface area contributed by atoms with Crippen molar-refractivity contribution in [3.63, 3.8) is 0 Å². The lowest BCUT2D eigenvalue weighted by Gasteiger charge is -2.22. The second-order valence-corrected chi connectivity index (χ2v) is 13.6. The van der Waals surface area contributed by atoms with Crippen molar-refractivity contribution in [1.29, 1.82) is 0 Å². The van der Waals surface area contributed by atoms with Crippen LogP contribution in [0.15, 0.2) is 182 Å². The van der Waals surface area contributed by atoms with Gasteiger partial charge in [-0.15, -0.1) is 0 Å². The average molecular weight is 641 g/mol. The SMILES string of the molecule is C1=CCC(C2=CC=C(n3c4ccc(-c5ccccc5)cc4c4cc(-c5ccc6c7ccccc7n(-c7ccccc7)c6c5)ccc43)CC2)C=C1. The first-order valence-corrected chi connectivity index (χ1v) is 17.8. The molecule has 2 aliphatic rings. The van der Waals surface area contributed by atoms with Gasteiger partial charge < -0.3 is 9.13 Å². The summed E-state index contributed by atoms with van der Waals surface area (Å²) in [5.74, 6) is 0.518. The molecule has 0 aliphatic heterocycles. The largest absolute Gasteiger partial charge is 0.313 e. The molecule has 238 valence electrons. The van der Waals surface area contributed by atoms with Crippen LogP contribution in [0.3, 0.4) is 0 Å². The van der Waals surface area contributed by atoms with Crippen molar-refractivity contribution < 1.29 is 0 Å². The van der Waals surface area contributed by atoms with Gasteiger partial charge in [-0.05, 0) is 96.1 Å². The van der Waals surface area contributed by atoms with Crippen molar-refractivity contribution >= 4 is 49.3 Å². The van der Waals surface area contributed by atoms with E-state index in [2.05, 4.69) is 185 Å². The van der Waals surface area contributed by atoms with Gasteiger partial charge in [0.2, 0.25) is 0 Å². The molecule has 0 fully saturated rings. The number of aromatic nitrogens is 2. The Kier molecular flexibility index (Phi) is 6.80. The van der Waals surface area contributed by atoms with E-state index in [1.807, 2.05) is 0 Å². The predicted octanol–water partition coefficient (Wildman–Crippen LogP) is 12.9. The van der Waals surface area contributed by atoms with E-state index >= 15 is 0 Å². The Labute approximate surface area is 292 Å². The number of fused-ring (bicyclic) bond motifs is 6. The van der Waals surface area contributed by atoms with E-state index in [-0.39, 0.29) is 0 Å². The summed E-state index contributed by atoms with van der Waals surface area (Å²) in [7, 11) is 0. The summed E-state index contributed by atoms with van der Waals surface area (Å²) in [4.78, 5) is 0. The van der Waals surface area contributed by atoms with Crippen molar-refractivity contribution in [2.75, 3.05) is 0 Å². The second kappa shape index (κ2) is 11.8. The van der Waals surface area contributed by atoms with Crippen molar-refractivity contribution in [3.05, 3.63) is 182 Å². The van der Waals surface area contributed by atoms with Gasteiger partial charge >= 0.3 is 0 Å². The number of hydrogen-bond donors (Lipinski definition) is 0. The molecule has 2 aromatic heterocycles. The highest BCUT2D eigenvalue weighted by molar-refractivity contribution is 6.13. The molecule has 0 saturated heterocycles. The summed E-state index contributed by atoms with van der Waals surface area (Å²) in [6.07, 6.45) is 17.0. The highest BCUT2D eigenvalue weighted by Crippen LogP contribution is 2.41. The van der Waals surface area contributed by atoms with Gasteiger partial charge in [-0.3, -0.25) is 0 Å². The maximum atomic E-state index is 2.52. The number of allylic oxidation sites excluding steroid dienone is 8. The lowest BCUT2D eigenvalue weighted by Crippen LogP contribution is -2.07. The maximum absolute atomic E-state index is 2.52. The molecule has 0 radical (unpaired) electrons. The number of rotatable bonds is 5. The fourth-order valence-corrected chi connectivity index (χ4v) is 8.32. The first-order valence-electron chi connectivity index (χ1n) is 17.8. The first kappa shape index (κ1) is 28.9. The smallest absolute Gasteiger partial charge is 0.0547 e. The van der Waals surface area contributed by atoms with E-state index in [9.17, 15) is 0 Å². The molecule has 1 unspecified atom stereocenters. The second-order valence-electron chi connectivity index (χ2n) is 13.6. The monoisotopic (exact) mass is 640 g/mol. The van der Waals surface area contributed by atoms with E-state index in [0.717, 1.165) is 19.3 Å². The van der Waals surface area contributed by atoms with Gasteiger partial charge in [0.05, 0.1) is 22.1 Å². The topological polar surface area (TPSA) is 9.86 Å². The van der Waals surface area contributed by atoms with E-state index in [1.54, 1.807) is 0 Å². The van der Waals surface area contributed by atoms with Crippen LogP contribution >= 0.6 is 0 Å². The third-order valence-electron chi connectivity index (χ3n) is 10.8. The van der Waals surface area contributed by atoms with Gasteiger partial charge in [-0.1, -0.05) is 127 Å². The minimum absolute atomic E-state index is 0.518. The Bertz CT molecular complexity index is 2710. The first-order chi connectivity index (χ1) is 24.8. The Morgan fingerprint density at radius 3 is 1.80 bits per heavy atom. The van der Waals surface area contributed by atoms with Crippen LogP contribution in [-0.4, -0.2) is 9.13 Å². The standard InChI is InChI=1S/C48H36N2/c1-4-12-33(13-5-1)35-20-25-40(26-21-35)49-46-28-23-36(34-14-6-2-7-15-34)30-43(46)44-31-37(24-29-47(44)49)38-22-27-42-41-18-10-11-19-45(41)50(48(42)32-38)39-16-8-3-9-17-39/h1-12,14-20,22-25,27-33H,13,21,26H2. The summed E-state index contributed by atoms with van der Waals surface area (Å²) in [5.41, 5.74) is 14.0. The van der Waals surface area contributed by atoms with E-state index < -0.39 is 0 Å². The van der Waals surface area contributed by atoms with Crippen LogP contribution in [0.1, 0.15) is 19.3 Å². The Balaban J connectivity index is 1.16. The summed E-state index contributed by atoms with van der Waals surface area (Å²) in [5, 5.41) is 5.13. The normalized spacial score (nSPS) is 16.0. The minimum Gasteiger partial charge on any atom is -0.313 e. The van der Waals surface area contributed by atoms with Crippen LogP contribution in [0, 0.1) is 5.92 Å². The molecule has 0 spiro atoms. The van der Waals surface area contributed by atoms with E-state index in [4.69, 9.17) is 0 Å². The zero-order valence-corrected chi connectivity index (χ0v) is 27.8. The van der Waals surface area contributed by atoms with Gasteiger partial charge in [0.15, 0.2) is 0 Å². The Morgan fingerprint density at radius 1 is 0.440 bits per heavy atom. The van der Waals surface area contributed by atoms with Crippen LogP contribution < -0.4 is 0 Å². The summed E-state index contributed by atoms with van der Waals surface area (Å²) >= 11 is 0. The Hall–Kier alpha value is -6.12.